The molecule has 0 radical (unpaired) electrons. The maximum absolute atomic E-state index is 13.7. The molecule has 1 fully saturated rings. The van der Waals surface area contributed by atoms with E-state index in [9.17, 15) is 14.1 Å². The van der Waals surface area contributed by atoms with Gasteiger partial charge in [-0.1, -0.05) is 26.8 Å². The first kappa shape index (κ1) is 31.1. The van der Waals surface area contributed by atoms with Crippen molar-refractivity contribution < 1.29 is 18.8 Å². The van der Waals surface area contributed by atoms with Gasteiger partial charge in [-0.05, 0) is 70.7 Å². The van der Waals surface area contributed by atoms with E-state index in [-0.39, 0.29) is 11.3 Å². The van der Waals surface area contributed by atoms with Crippen LogP contribution < -0.4 is 25.0 Å². The van der Waals surface area contributed by atoms with Gasteiger partial charge in [-0.2, -0.15) is 0 Å². The zero-order valence-electron chi connectivity index (χ0n) is 25.9. The molecule has 1 aliphatic heterocycles. The fourth-order valence-electron chi connectivity index (χ4n) is 4.97. The molecule has 0 bridgehead atoms. The number of hydrogen-bond donors (Lipinski definition) is 5. The van der Waals surface area contributed by atoms with Crippen molar-refractivity contribution in [1.82, 2.24) is 19.9 Å². The molecular formula is C31H40N8O4S. The Balaban J connectivity index is 1.47. The number of fused-ring (bicyclic) bond motifs is 1. The van der Waals surface area contributed by atoms with Gasteiger partial charge in [-0.15, -0.1) is 0 Å². The monoisotopic (exact) mass is 620 g/mol. The lowest BCUT2D eigenvalue weighted by Gasteiger charge is -2.26. The second-order valence-corrected chi connectivity index (χ2v) is 14.8. The van der Waals surface area contributed by atoms with Gasteiger partial charge in [0.2, 0.25) is 5.95 Å². The summed E-state index contributed by atoms with van der Waals surface area (Å²) in [6.45, 7) is 9.88. The van der Waals surface area contributed by atoms with E-state index in [0.29, 0.717) is 51.2 Å². The van der Waals surface area contributed by atoms with Crippen LogP contribution in [0.15, 0.2) is 42.9 Å². The summed E-state index contributed by atoms with van der Waals surface area (Å²) in [4.78, 5) is 33.9. The first-order valence-electron chi connectivity index (χ1n) is 14.5. The Hall–Kier alpha value is -4.36. The molecule has 0 unspecified atom stereocenters. The third-order valence-corrected chi connectivity index (χ3v) is 8.79. The molecule has 3 heterocycles. The first-order chi connectivity index (χ1) is 20.9. The zero-order chi connectivity index (χ0) is 31.6. The standard InChI is InChI=1S/C31H40N8O4S/c1-19-9-10-20(13-22(19)35-28-26-25(33-17-34-28)16-32-30(37-26)39-11-7-8-12-39)29(41)36-23-14-21(31(2,3)4)15-24(27(23)43-5)38-44(6,42)18-40/h9-10,13-17,40,44H,7-8,11-12,18H2,1-6H3,(H,36,41)(H,38,42)(H,33,34,35). The van der Waals surface area contributed by atoms with E-state index < -0.39 is 16.1 Å². The lowest BCUT2D eigenvalue weighted by Crippen LogP contribution is -2.25. The van der Waals surface area contributed by atoms with Crippen molar-refractivity contribution in [1.29, 1.82) is 0 Å². The van der Waals surface area contributed by atoms with Crippen molar-refractivity contribution in [2.24, 2.45) is 0 Å². The molecule has 1 aliphatic rings. The van der Waals surface area contributed by atoms with Crippen LogP contribution in [0, 0.1) is 6.92 Å². The van der Waals surface area contributed by atoms with E-state index in [2.05, 4.69) is 35.2 Å². The highest BCUT2D eigenvalue weighted by Crippen LogP contribution is 2.40. The predicted molar refractivity (Wildman–Crippen MR) is 177 cm³/mol. The van der Waals surface area contributed by atoms with Gasteiger partial charge < -0.3 is 30.1 Å². The van der Waals surface area contributed by atoms with Crippen LogP contribution in [0.25, 0.3) is 11.0 Å². The van der Waals surface area contributed by atoms with E-state index >= 15 is 0 Å². The zero-order valence-corrected chi connectivity index (χ0v) is 26.8. The topological polar surface area (TPSA) is 154 Å². The van der Waals surface area contributed by atoms with Crippen molar-refractivity contribution in [3.05, 3.63) is 59.5 Å². The summed E-state index contributed by atoms with van der Waals surface area (Å²) in [6.07, 6.45) is 6.84. The minimum absolute atomic E-state index is 0.293. The quantitative estimate of drug-likeness (QED) is 0.168. The SMILES string of the molecule is COc1c(NC(=O)c2ccc(C)c(Nc3ncnc4cnc(N5CCCC5)nc34)c2)cc(C(C)(C)C)cc1N[SH](C)(=O)CO. The summed E-state index contributed by atoms with van der Waals surface area (Å²) >= 11 is 0. The van der Waals surface area contributed by atoms with Crippen molar-refractivity contribution in [3.8, 4) is 5.75 Å². The fraction of sp³-hybridized carbons (Fsp3) is 0.387. The highest BCUT2D eigenvalue weighted by molar-refractivity contribution is 8.03. The number of thiol groups is 1. The lowest BCUT2D eigenvalue weighted by molar-refractivity contribution is 0.102. The van der Waals surface area contributed by atoms with E-state index in [4.69, 9.17) is 9.72 Å². The largest absolute Gasteiger partial charge is 0.492 e. The molecule has 1 saturated heterocycles. The van der Waals surface area contributed by atoms with E-state index in [1.165, 1.54) is 19.7 Å². The van der Waals surface area contributed by atoms with Gasteiger partial charge >= 0.3 is 0 Å². The molecular weight excluding hydrogens is 580 g/mol. The van der Waals surface area contributed by atoms with Gasteiger partial charge in [0.25, 0.3) is 5.91 Å². The van der Waals surface area contributed by atoms with Crippen molar-refractivity contribution >= 4 is 55.9 Å². The van der Waals surface area contributed by atoms with Crippen molar-refractivity contribution in [2.45, 2.75) is 46.0 Å². The van der Waals surface area contributed by atoms with Gasteiger partial charge in [0.15, 0.2) is 11.6 Å². The van der Waals surface area contributed by atoms with Crippen LogP contribution in [0.3, 0.4) is 0 Å². The van der Waals surface area contributed by atoms with Gasteiger partial charge in [-0.3, -0.25) is 9.00 Å². The average molecular weight is 621 g/mol. The van der Waals surface area contributed by atoms with Crippen LogP contribution in [-0.2, 0) is 15.5 Å². The number of anilines is 5. The number of rotatable bonds is 9. The number of nitrogens with zero attached hydrogens (tertiary/aromatic N) is 5. The molecule has 0 atom stereocenters. The molecule has 0 spiro atoms. The van der Waals surface area contributed by atoms with Gasteiger partial charge in [0.1, 0.15) is 23.3 Å². The molecule has 44 heavy (non-hydrogen) atoms. The molecule has 1 amide bonds. The minimum atomic E-state index is -3.11. The van der Waals surface area contributed by atoms with Crippen LogP contribution in [-0.4, -0.2) is 67.6 Å². The number of aryl methyl sites for hydroxylation is 1. The number of aliphatic hydroxyl groups excluding tert-OH is 1. The normalized spacial score (nSPS) is 14.0. The van der Waals surface area contributed by atoms with Gasteiger partial charge in [0, 0.05) is 30.6 Å². The molecule has 13 heteroatoms. The third-order valence-electron chi connectivity index (χ3n) is 7.54. The number of carbonyl (C=O) groups is 1. The summed E-state index contributed by atoms with van der Waals surface area (Å²) < 4.78 is 21.4. The molecule has 0 saturated carbocycles. The van der Waals surface area contributed by atoms with Crippen LogP contribution in [0.2, 0.25) is 0 Å². The second-order valence-electron chi connectivity index (χ2n) is 12.1. The van der Waals surface area contributed by atoms with Crippen molar-refractivity contribution in [3.63, 3.8) is 0 Å². The summed E-state index contributed by atoms with van der Waals surface area (Å²) in [7, 11) is -1.63. The maximum Gasteiger partial charge on any atom is 0.255 e. The molecule has 5 rings (SSSR count). The Bertz CT molecular complexity index is 1750. The smallest absolute Gasteiger partial charge is 0.255 e. The van der Waals surface area contributed by atoms with Crippen LogP contribution >= 0.6 is 0 Å². The Kier molecular flexibility index (Phi) is 8.71. The number of nitrogens with one attached hydrogen (secondary N) is 3. The predicted octanol–water partition coefficient (Wildman–Crippen LogP) is 4.55. The van der Waals surface area contributed by atoms with Gasteiger partial charge in [-0.25, -0.2) is 19.9 Å². The second kappa shape index (κ2) is 12.3. The number of ether oxygens (including phenoxy) is 1. The van der Waals surface area contributed by atoms with Crippen LogP contribution in [0.5, 0.6) is 5.75 Å². The molecule has 0 aliphatic carbocycles. The fourth-order valence-corrected chi connectivity index (χ4v) is 5.72. The van der Waals surface area contributed by atoms with E-state index in [0.717, 1.165) is 37.1 Å². The minimum Gasteiger partial charge on any atom is -0.492 e. The number of methoxy groups -OCH3 is 1. The number of hydrogen-bond acceptors (Lipinski definition) is 10. The number of aromatic nitrogens is 4. The molecule has 4 N–H and O–H groups in total. The van der Waals surface area contributed by atoms with E-state index in [1.54, 1.807) is 18.3 Å². The Labute approximate surface area is 258 Å². The Morgan fingerprint density at radius 2 is 1.80 bits per heavy atom. The number of benzene rings is 2. The maximum atomic E-state index is 13.7. The summed E-state index contributed by atoms with van der Waals surface area (Å²) in [5, 5.41) is 16.0. The lowest BCUT2D eigenvalue weighted by atomic mass is 9.86. The first-order valence-corrected chi connectivity index (χ1v) is 16.8. The number of aliphatic hydroxyl groups is 1. The van der Waals surface area contributed by atoms with Crippen LogP contribution in [0.1, 0.15) is 55.1 Å². The van der Waals surface area contributed by atoms with Gasteiger partial charge in [0.05, 0.1) is 24.7 Å². The number of amides is 1. The highest BCUT2D eigenvalue weighted by Gasteiger charge is 2.23. The number of carbonyl (C=O) groups excluding carboxylic acids is 1. The van der Waals surface area contributed by atoms with E-state index in [1.807, 2.05) is 45.9 Å². The third kappa shape index (κ3) is 6.73. The van der Waals surface area contributed by atoms with Crippen molar-refractivity contribution in [2.75, 3.05) is 52.6 Å². The molecule has 2 aromatic carbocycles. The molecule has 234 valence electrons. The average Bonchev–Trinajstić information content (AvgIpc) is 3.53. The van der Waals surface area contributed by atoms with Crippen LogP contribution in [0.4, 0.5) is 28.8 Å². The Morgan fingerprint density at radius 3 is 2.48 bits per heavy atom. The summed E-state index contributed by atoms with van der Waals surface area (Å²) in [5.41, 5.74) is 4.63. The summed E-state index contributed by atoms with van der Waals surface area (Å²) in [5.74, 6) is 0.590. The molecule has 12 nitrogen and oxygen atoms in total. The summed E-state index contributed by atoms with van der Waals surface area (Å²) in [6, 6.07) is 9.04. The highest BCUT2D eigenvalue weighted by atomic mass is 32.3. The molecule has 2 aromatic heterocycles. The molecule has 4 aromatic rings. The Morgan fingerprint density at radius 1 is 1.07 bits per heavy atom.